The summed E-state index contributed by atoms with van der Waals surface area (Å²) in [6.45, 7) is 0. The summed E-state index contributed by atoms with van der Waals surface area (Å²) in [5.74, 6) is 0. The fourth-order valence-electron chi connectivity index (χ4n) is 12.3. The first-order chi connectivity index (χ1) is 37.2. The molecule has 0 bridgehead atoms. The van der Waals surface area contributed by atoms with E-state index in [2.05, 4.69) is 313 Å². The molecule has 14 rings (SSSR count). The molecule has 75 heavy (non-hydrogen) atoms. The van der Waals surface area contributed by atoms with Gasteiger partial charge in [0.15, 0.2) is 0 Å². The van der Waals surface area contributed by atoms with E-state index in [1.54, 1.807) is 0 Å². The van der Waals surface area contributed by atoms with Gasteiger partial charge in [-0.1, -0.05) is 249 Å². The van der Waals surface area contributed by atoms with Crippen molar-refractivity contribution in [3.05, 3.63) is 326 Å². The van der Waals surface area contributed by atoms with Crippen LogP contribution in [-0.2, 0) is 5.41 Å². The van der Waals surface area contributed by atoms with E-state index in [4.69, 9.17) is 0 Å². The van der Waals surface area contributed by atoms with E-state index in [1.165, 1.54) is 99.8 Å². The highest BCUT2D eigenvalue weighted by Gasteiger charge is 2.47. The zero-order valence-electron chi connectivity index (χ0n) is 41.3. The van der Waals surface area contributed by atoms with Gasteiger partial charge < -0.3 is 9.47 Å². The van der Waals surface area contributed by atoms with Crippen molar-refractivity contribution in [2.45, 2.75) is 5.41 Å². The number of nitrogens with zero attached hydrogens (tertiary/aromatic N) is 2. The van der Waals surface area contributed by atoms with Crippen molar-refractivity contribution in [2.75, 3.05) is 4.90 Å². The Morgan fingerprint density at radius 2 is 0.733 bits per heavy atom. The molecule has 0 radical (unpaired) electrons. The number of fused-ring (bicyclic) bond motifs is 6. The molecule has 0 amide bonds. The van der Waals surface area contributed by atoms with Crippen LogP contribution in [0.25, 0.3) is 83.1 Å². The molecule has 1 heterocycles. The molecule has 1 aliphatic carbocycles. The smallest absolute Gasteiger partial charge is 0.0714 e. The zero-order valence-corrected chi connectivity index (χ0v) is 41.3. The monoisotopic (exact) mass is 954 g/mol. The number of rotatable bonds is 10. The maximum atomic E-state index is 2.53. The predicted octanol–water partition coefficient (Wildman–Crippen LogP) is 19.3. The molecule has 0 atom stereocenters. The van der Waals surface area contributed by atoms with E-state index in [1.807, 2.05) is 0 Å². The van der Waals surface area contributed by atoms with E-state index in [9.17, 15) is 0 Å². The molecule has 0 saturated heterocycles. The number of hydrogen-bond donors (Lipinski definition) is 0. The standard InChI is InChI=1S/C73H50N2/c1-6-23-51(24-7-1)62-48-46-59(50-66(62)52-25-8-2-9-26-52)74(57-31-14-5-15-32-57)58-44-41-53(42-45-58)60-33-16-17-34-61(60)54-43-47-64-63-35-19-21-39-69(63)75(71(64)49-54)70-40-22-38-68-72(70)65-36-18-20-37-67(65)73(68,55-27-10-3-11-28-55)56-29-12-4-13-30-56/h1-50H. The normalized spacial score (nSPS) is 12.4. The van der Waals surface area contributed by atoms with Gasteiger partial charge in [0.05, 0.1) is 22.1 Å². The molecule has 2 nitrogen and oxygen atoms in total. The summed E-state index contributed by atoms with van der Waals surface area (Å²) in [6, 6.07) is 111. The maximum absolute atomic E-state index is 2.53. The molecule has 352 valence electrons. The van der Waals surface area contributed by atoms with E-state index >= 15 is 0 Å². The van der Waals surface area contributed by atoms with Crippen molar-refractivity contribution in [3.8, 4) is 61.3 Å². The lowest BCUT2D eigenvalue weighted by Gasteiger charge is -2.34. The van der Waals surface area contributed by atoms with Crippen LogP contribution < -0.4 is 4.90 Å². The number of para-hydroxylation sites is 2. The van der Waals surface area contributed by atoms with Crippen LogP contribution in [0.2, 0.25) is 0 Å². The summed E-state index contributed by atoms with van der Waals surface area (Å²) in [5, 5.41) is 2.46. The topological polar surface area (TPSA) is 8.17 Å². The third-order valence-corrected chi connectivity index (χ3v) is 15.5. The van der Waals surface area contributed by atoms with Crippen molar-refractivity contribution in [2.24, 2.45) is 0 Å². The minimum Gasteiger partial charge on any atom is -0.310 e. The van der Waals surface area contributed by atoms with Gasteiger partial charge in [-0.05, 0) is 127 Å². The van der Waals surface area contributed by atoms with Gasteiger partial charge in [-0.3, -0.25) is 0 Å². The van der Waals surface area contributed by atoms with Gasteiger partial charge in [0.1, 0.15) is 0 Å². The minimum atomic E-state index is -0.501. The zero-order chi connectivity index (χ0) is 49.7. The van der Waals surface area contributed by atoms with Crippen molar-refractivity contribution >= 4 is 38.9 Å². The first kappa shape index (κ1) is 44.0. The number of anilines is 3. The van der Waals surface area contributed by atoms with Gasteiger partial charge >= 0.3 is 0 Å². The second-order valence-electron chi connectivity index (χ2n) is 19.5. The van der Waals surface area contributed by atoms with Crippen LogP contribution >= 0.6 is 0 Å². The first-order valence-corrected chi connectivity index (χ1v) is 25.9. The molecule has 0 aliphatic heterocycles. The van der Waals surface area contributed by atoms with Crippen LogP contribution in [0.3, 0.4) is 0 Å². The van der Waals surface area contributed by atoms with Crippen molar-refractivity contribution in [1.29, 1.82) is 0 Å². The van der Waals surface area contributed by atoms with E-state index in [0.717, 1.165) is 22.6 Å². The number of aromatic nitrogens is 1. The van der Waals surface area contributed by atoms with Crippen LogP contribution in [0.15, 0.2) is 303 Å². The fraction of sp³-hybridized carbons (Fsp3) is 0.0137. The number of hydrogen-bond acceptors (Lipinski definition) is 1. The van der Waals surface area contributed by atoms with Crippen LogP contribution in [-0.4, -0.2) is 4.57 Å². The molecule has 2 heteroatoms. The molecular formula is C73H50N2. The molecule has 0 fully saturated rings. The number of benzene rings is 12. The maximum Gasteiger partial charge on any atom is 0.0714 e. The third kappa shape index (κ3) is 7.25. The van der Waals surface area contributed by atoms with Crippen molar-refractivity contribution in [3.63, 3.8) is 0 Å². The molecule has 13 aromatic rings. The van der Waals surface area contributed by atoms with Gasteiger partial charge in [0.2, 0.25) is 0 Å². The minimum absolute atomic E-state index is 0.501. The summed E-state index contributed by atoms with van der Waals surface area (Å²) in [4.78, 5) is 2.37. The Bertz CT molecular complexity index is 4160. The molecule has 1 aromatic heterocycles. The molecule has 12 aromatic carbocycles. The largest absolute Gasteiger partial charge is 0.310 e. The van der Waals surface area contributed by atoms with Gasteiger partial charge in [-0.2, -0.15) is 0 Å². The Hall–Kier alpha value is -9.76. The summed E-state index contributed by atoms with van der Waals surface area (Å²) < 4.78 is 2.53. The Balaban J connectivity index is 0.901. The second kappa shape index (κ2) is 18.4. The molecule has 1 aliphatic rings. The van der Waals surface area contributed by atoms with Gasteiger partial charge in [-0.25, -0.2) is 0 Å². The molecule has 0 N–H and O–H groups in total. The highest BCUT2D eigenvalue weighted by molar-refractivity contribution is 6.11. The van der Waals surface area contributed by atoms with E-state index in [0.29, 0.717) is 0 Å². The predicted molar refractivity (Wildman–Crippen MR) is 315 cm³/mol. The van der Waals surface area contributed by atoms with Crippen LogP contribution in [0, 0.1) is 0 Å². The van der Waals surface area contributed by atoms with E-state index in [-0.39, 0.29) is 0 Å². The Labute approximate surface area is 438 Å². The van der Waals surface area contributed by atoms with Gasteiger partial charge in [0.25, 0.3) is 0 Å². The Morgan fingerprint density at radius 3 is 1.41 bits per heavy atom. The summed E-state index contributed by atoms with van der Waals surface area (Å²) >= 11 is 0. The third-order valence-electron chi connectivity index (χ3n) is 15.5. The average molecular weight is 955 g/mol. The Kier molecular flexibility index (Phi) is 10.8. The highest BCUT2D eigenvalue weighted by Crippen LogP contribution is 2.58. The van der Waals surface area contributed by atoms with Gasteiger partial charge in [0, 0.05) is 33.4 Å². The fourth-order valence-corrected chi connectivity index (χ4v) is 12.3. The van der Waals surface area contributed by atoms with Gasteiger partial charge in [-0.15, -0.1) is 0 Å². The van der Waals surface area contributed by atoms with Crippen LogP contribution in [0.1, 0.15) is 22.3 Å². The second-order valence-corrected chi connectivity index (χ2v) is 19.5. The summed E-state index contributed by atoms with van der Waals surface area (Å²) in [7, 11) is 0. The molecule has 0 saturated carbocycles. The molecule has 0 spiro atoms. The first-order valence-electron chi connectivity index (χ1n) is 25.9. The summed E-state index contributed by atoms with van der Waals surface area (Å²) in [6.07, 6.45) is 0. The highest BCUT2D eigenvalue weighted by atomic mass is 15.1. The van der Waals surface area contributed by atoms with Crippen LogP contribution in [0.5, 0.6) is 0 Å². The Morgan fingerprint density at radius 1 is 0.267 bits per heavy atom. The van der Waals surface area contributed by atoms with Crippen LogP contribution in [0.4, 0.5) is 17.1 Å². The lowest BCUT2D eigenvalue weighted by Crippen LogP contribution is -2.28. The van der Waals surface area contributed by atoms with Crippen molar-refractivity contribution < 1.29 is 0 Å². The lowest BCUT2D eigenvalue weighted by molar-refractivity contribution is 0.768. The quantitative estimate of drug-likeness (QED) is 0.133. The molecule has 0 unspecified atom stereocenters. The average Bonchev–Trinajstić information content (AvgIpc) is 3.99. The van der Waals surface area contributed by atoms with Crippen molar-refractivity contribution in [1.82, 2.24) is 4.57 Å². The lowest BCUT2D eigenvalue weighted by atomic mass is 9.68. The van der Waals surface area contributed by atoms with E-state index < -0.39 is 5.41 Å². The summed E-state index contributed by atoms with van der Waals surface area (Å²) in [5.41, 5.74) is 23.4. The molecular weight excluding hydrogens is 905 g/mol. The SMILES string of the molecule is c1ccc(-c2ccc(N(c3ccccc3)c3ccc(-c4ccccc4-c4ccc5c6ccccc6n(-c6cccc7c6-c6ccccc6C7(c6ccccc6)c6ccccc6)c5c4)cc3)cc2-c2ccccc2)cc1.